The topological polar surface area (TPSA) is 92.6 Å². The summed E-state index contributed by atoms with van der Waals surface area (Å²) >= 11 is 0. The minimum absolute atomic E-state index is 0.189. The number of amides is 2. The maximum absolute atomic E-state index is 13.6. The summed E-state index contributed by atoms with van der Waals surface area (Å²) in [5.41, 5.74) is 4.21. The first kappa shape index (κ1) is 31.4. The number of benzene rings is 3. The Morgan fingerprint density at radius 2 is 1.62 bits per heavy atom. The second kappa shape index (κ2) is 14.7. The zero-order valence-corrected chi connectivity index (χ0v) is 26.2. The molecule has 0 aromatic heterocycles. The summed E-state index contributed by atoms with van der Waals surface area (Å²) in [4.78, 5) is 36.7. The van der Waals surface area contributed by atoms with E-state index in [1.165, 1.54) is 0 Å². The molecule has 8 nitrogen and oxygen atoms in total. The van der Waals surface area contributed by atoms with Crippen LogP contribution in [0.1, 0.15) is 63.1 Å². The molecule has 3 aromatic rings. The van der Waals surface area contributed by atoms with Gasteiger partial charge >= 0.3 is 6.09 Å². The molecule has 2 heterocycles. The minimum Gasteiger partial charge on any atom is -0.494 e. The van der Waals surface area contributed by atoms with E-state index in [4.69, 9.17) is 19.5 Å². The highest BCUT2D eigenvalue weighted by atomic mass is 16.6. The summed E-state index contributed by atoms with van der Waals surface area (Å²) in [5, 5.41) is 2.79. The Balaban J connectivity index is 1.19. The third kappa shape index (κ3) is 9.01. The van der Waals surface area contributed by atoms with Crippen molar-refractivity contribution < 1.29 is 19.1 Å². The predicted molar refractivity (Wildman–Crippen MR) is 179 cm³/mol. The third-order valence-electron chi connectivity index (χ3n) is 7.11. The average molecular weight is 605 g/mol. The van der Waals surface area contributed by atoms with Gasteiger partial charge in [0.2, 0.25) is 0 Å². The molecule has 45 heavy (non-hydrogen) atoms. The summed E-state index contributed by atoms with van der Waals surface area (Å²) < 4.78 is 11.3. The Bertz CT molecular complexity index is 1620. The lowest BCUT2D eigenvalue weighted by Gasteiger charge is -2.21. The van der Waals surface area contributed by atoms with Gasteiger partial charge in [-0.25, -0.2) is 14.8 Å². The van der Waals surface area contributed by atoms with Crippen molar-refractivity contribution in [3.8, 4) is 5.75 Å². The van der Waals surface area contributed by atoms with Crippen molar-refractivity contribution in [1.29, 1.82) is 0 Å². The zero-order valence-electron chi connectivity index (χ0n) is 26.2. The molecule has 2 aliphatic heterocycles. The predicted octanol–water partition coefficient (Wildman–Crippen LogP) is 7.43. The van der Waals surface area contributed by atoms with E-state index in [0.717, 1.165) is 59.5 Å². The summed E-state index contributed by atoms with van der Waals surface area (Å²) in [6.07, 6.45) is 7.52. The van der Waals surface area contributed by atoms with Crippen molar-refractivity contribution in [1.82, 2.24) is 10.2 Å². The van der Waals surface area contributed by atoms with E-state index in [-0.39, 0.29) is 12.0 Å². The molecule has 0 bridgehead atoms. The van der Waals surface area contributed by atoms with Crippen LogP contribution in [-0.4, -0.2) is 47.2 Å². The molecule has 0 aliphatic carbocycles. The number of rotatable bonds is 12. The monoisotopic (exact) mass is 604 g/mol. The highest BCUT2D eigenvalue weighted by Gasteiger charge is 2.35. The lowest BCUT2D eigenvalue weighted by Crippen LogP contribution is -2.36. The van der Waals surface area contributed by atoms with Crippen molar-refractivity contribution >= 4 is 35.3 Å². The summed E-state index contributed by atoms with van der Waals surface area (Å²) in [7, 11) is 0. The Morgan fingerprint density at radius 1 is 0.889 bits per heavy atom. The van der Waals surface area contributed by atoms with Gasteiger partial charge in [-0.2, -0.15) is 0 Å². The minimum atomic E-state index is -0.489. The highest BCUT2D eigenvalue weighted by Crippen LogP contribution is 2.29. The molecule has 232 valence electrons. The standard InChI is InChI=1S/C37H40N4O4/c1-37(2,3)45-36(43)38-21-12-4-5-13-22-44-30-20-14-17-28(23-30)25-32-35(42)41-26-33(29-18-10-7-11-19-29)39-31(34(41)40-32)24-27-15-8-6-9-16-27/h6-11,14-20,23,25-26H,4-5,12-13,21-22,24H2,1-3H3,(H,38,43)/b32-25-. The number of ether oxygens (including phenoxy) is 2. The van der Waals surface area contributed by atoms with E-state index in [2.05, 4.69) is 17.4 Å². The smallest absolute Gasteiger partial charge is 0.407 e. The van der Waals surface area contributed by atoms with Crippen LogP contribution in [0.4, 0.5) is 4.79 Å². The van der Waals surface area contributed by atoms with E-state index in [1.54, 1.807) is 17.2 Å². The van der Waals surface area contributed by atoms with Gasteiger partial charge in [-0.3, -0.25) is 9.69 Å². The third-order valence-corrected chi connectivity index (χ3v) is 7.11. The maximum Gasteiger partial charge on any atom is 0.407 e. The van der Waals surface area contributed by atoms with Gasteiger partial charge in [-0.15, -0.1) is 0 Å². The molecule has 5 rings (SSSR count). The number of carbonyl (C=O) groups is 2. The molecule has 2 amide bonds. The fourth-order valence-electron chi connectivity index (χ4n) is 4.98. The molecule has 0 unspecified atom stereocenters. The van der Waals surface area contributed by atoms with E-state index in [0.29, 0.717) is 31.1 Å². The normalized spacial score (nSPS) is 15.3. The van der Waals surface area contributed by atoms with Crippen LogP contribution in [0.5, 0.6) is 5.75 Å². The number of nitrogens with zero attached hydrogens (tertiary/aromatic N) is 3. The number of hydrogen-bond donors (Lipinski definition) is 1. The van der Waals surface area contributed by atoms with Crippen LogP contribution in [0.2, 0.25) is 0 Å². The van der Waals surface area contributed by atoms with Gasteiger partial charge in [0.1, 0.15) is 17.0 Å². The number of amidine groups is 1. The van der Waals surface area contributed by atoms with Crippen molar-refractivity contribution in [2.45, 2.75) is 58.5 Å². The van der Waals surface area contributed by atoms with Gasteiger partial charge in [0.05, 0.1) is 18.0 Å². The Hall–Kier alpha value is -4.98. The quantitative estimate of drug-likeness (QED) is 0.172. The molecule has 2 aliphatic rings. The average Bonchev–Trinajstić information content (AvgIpc) is 3.33. The molecule has 0 fully saturated rings. The van der Waals surface area contributed by atoms with Crippen LogP contribution >= 0.6 is 0 Å². The van der Waals surface area contributed by atoms with Crippen molar-refractivity contribution in [2.24, 2.45) is 9.98 Å². The summed E-state index contributed by atoms with van der Waals surface area (Å²) in [6, 6.07) is 27.6. The fourth-order valence-corrected chi connectivity index (χ4v) is 4.98. The highest BCUT2D eigenvalue weighted by molar-refractivity contribution is 6.48. The molecule has 0 atom stereocenters. The molecular formula is C37H40N4O4. The zero-order chi connectivity index (χ0) is 31.6. The molecule has 8 heteroatoms. The molecule has 0 saturated carbocycles. The van der Waals surface area contributed by atoms with Gasteiger partial charge in [0, 0.05) is 24.7 Å². The summed E-state index contributed by atoms with van der Waals surface area (Å²) in [5.74, 6) is 1.11. The van der Waals surface area contributed by atoms with Crippen LogP contribution in [0.25, 0.3) is 11.8 Å². The van der Waals surface area contributed by atoms with E-state index in [1.807, 2.05) is 93.6 Å². The Labute approximate surface area is 265 Å². The molecule has 0 spiro atoms. The Kier molecular flexibility index (Phi) is 10.2. The SMILES string of the molecule is CC(C)(C)OC(=O)NCCCCCCOc1cccc(/C=C2\N=C3C(Cc4ccccc4)=NC(c4ccccc4)=CN3C2=O)c1. The molecule has 1 N–H and O–H groups in total. The van der Waals surface area contributed by atoms with E-state index < -0.39 is 5.60 Å². The van der Waals surface area contributed by atoms with Crippen LogP contribution in [0.15, 0.2) is 107 Å². The first-order chi connectivity index (χ1) is 21.7. The molecule has 3 aromatic carbocycles. The van der Waals surface area contributed by atoms with Gasteiger partial charge in [-0.05, 0) is 62.9 Å². The molecule has 0 radical (unpaired) electrons. The first-order valence-corrected chi connectivity index (χ1v) is 15.5. The van der Waals surface area contributed by atoms with Crippen LogP contribution in [0.3, 0.4) is 0 Å². The first-order valence-electron chi connectivity index (χ1n) is 15.5. The fraction of sp³-hybridized carbons (Fsp3) is 0.297. The maximum atomic E-state index is 13.6. The number of nitrogens with one attached hydrogen (secondary N) is 1. The number of hydrogen-bond acceptors (Lipinski definition) is 6. The number of unbranched alkanes of at least 4 members (excludes halogenated alkanes) is 3. The van der Waals surface area contributed by atoms with Crippen LogP contribution < -0.4 is 10.1 Å². The van der Waals surface area contributed by atoms with E-state index >= 15 is 0 Å². The number of aliphatic imine (C=N–C) groups is 2. The van der Waals surface area contributed by atoms with Crippen LogP contribution in [-0.2, 0) is 16.0 Å². The number of fused-ring (bicyclic) bond motifs is 1. The van der Waals surface area contributed by atoms with Gasteiger partial charge in [-0.1, -0.05) is 85.6 Å². The van der Waals surface area contributed by atoms with E-state index in [9.17, 15) is 9.59 Å². The molecule has 0 saturated heterocycles. The van der Waals surface area contributed by atoms with Gasteiger partial charge < -0.3 is 14.8 Å². The number of alkyl carbamates (subject to hydrolysis) is 1. The van der Waals surface area contributed by atoms with Crippen molar-refractivity contribution in [3.63, 3.8) is 0 Å². The van der Waals surface area contributed by atoms with Gasteiger partial charge in [0.15, 0.2) is 5.84 Å². The second-order valence-corrected chi connectivity index (χ2v) is 12.0. The van der Waals surface area contributed by atoms with Crippen molar-refractivity contribution in [3.05, 3.63) is 114 Å². The lowest BCUT2D eigenvalue weighted by atomic mass is 10.1. The van der Waals surface area contributed by atoms with Crippen molar-refractivity contribution in [2.75, 3.05) is 13.2 Å². The van der Waals surface area contributed by atoms with Gasteiger partial charge in [0.25, 0.3) is 5.91 Å². The number of carbonyl (C=O) groups excluding carboxylic acids is 2. The second-order valence-electron chi connectivity index (χ2n) is 12.0. The lowest BCUT2D eigenvalue weighted by molar-refractivity contribution is -0.120. The molecular weight excluding hydrogens is 564 g/mol. The Morgan fingerprint density at radius 3 is 2.38 bits per heavy atom. The largest absolute Gasteiger partial charge is 0.494 e. The van der Waals surface area contributed by atoms with Crippen LogP contribution in [0, 0.1) is 0 Å². The summed E-state index contributed by atoms with van der Waals surface area (Å²) in [6.45, 7) is 6.73.